The van der Waals surface area contributed by atoms with Gasteiger partial charge in [0.25, 0.3) is 0 Å². The molecule has 108 valence electrons. The Morgan fingerprint density at radius 1 is 1.05 bits per heavy atom. The average Bonchev–Trinajstić information content (AvgIpc) is 3.28. The maximum Gasteiger partial charge on any atom is 0.221 e. The van der Waals surface area contributed by atoms with Crippen molar-refractivity contribution in [2.45, 2.75) is 31.2 Å². The van der Waals surface area contributed by atoms with E-state index in [1.807, 2.05) is 42.5 Å². The molecule has 0 aliphatic heterocycles. The van der Waals surface area contributed by atoms with Gasteiger partial charge in [-0.05, 0) is 42.5 Å². The second-order valence-corrected chi connectivity index (χ2v) is 6.06. The fraction of sp³-hybridized carbons (Fsp3) is 0.278. The second-order valence-electron chi connectivity index (χ2n) is 5.62. The van der Waals surface area contributed by atoms with Gasteiger partial charge in [-0.25, -0.2) is 0 Å². The molecule has 1 amide bonds. The molecule has 1 N–H and O–H groups in total. The molecule has 0 unspecified atom stereocenters. The molecular weight excluding hydrogens is 282 g/mol. The zero-order valence-electron chi connectivity index (χ0n) is 11.8. The smallest absolute Gasteiger partial charge is 0.221 e. The number of carbonyl (C=O) groups is 1. The van der Waals surface area contributed by atoms with E-state index < -0.39 is 0 Å². The molecule has 3 rings (SSSR count). The first-order valence-corrected chi connectivity index (χ1v) is 7.67. The first-order chi connectivity index (χ1) is 10.2. The summed E-state index contributed by atoms with van der Waals surface area (Å²) in [4.78, 5) is 12.2. The van der Waals surface area contributed by atoms with Crippen molar-refractivity contribution < 1.29 is 4.79 Å². The maximum atomic E-state index is 12.2. The summed E-state index contributed by atoms with van der Waals surface area (Å²) in [5, 5.41) is 3.93. The van der Waals surface area contributed by atoms with Crippen molar-refractivity contribution in [2.75, 3.05) is 0 Å². The summed E-state index contributed by atoms with van der Waals surface area (Å²) in [6, 6.07) is 17.9. The Hall–Kier alpha value is -1.80. The molecule has 2 nitrogen and oxygen atoms in total. The molecule has 0 atom stereocenters. The Balaban J connectivity index is 1.56. The van der Waals surface area contributed by atoms with Crippen molar-refractivity contribution >= 4 is 17.5 Å². The Labute approximate surface area is 130 Å². The number of nitrogens with one attached hydrogen (secondary N) is 1. The van der Waals surface area contributed by atoms with Gasteiger partial charge in [-0.2, -0.15) is 0 Å². The lowest BCUT2D eigenvalue weighted by Crippen LogP contribution is -2.34. The van der Waals surface area contributed by atoms with Gasteiger partial charge >= 0.3 is 0 Å². The molecule has 0 bridgehead atoms. The standard InChI is InChI=1S/C18H18ClNO/c19-16-9-6-14(7-10-16)8-11-17(21)20-18(12-13-18)15-4-2-1-3-5-15/h1-7,9-10H,8,11-13H2,(H,20,21). The predicted octanol–water partition coefficient (Wildman–Crippen LogP) is 4.08. The molecule has 1 fully saturated rings. The third kappa shape index (κ3) is 3.45. The Morgan fingerprint density at radius 2 is 1.71 bits per heavy atom. The minimum atomic E-state index is -0.113. The van der Waals surface area contributed by atoms with Gasteiger partial charge in [-0.3, -0.25) is 4.79 Å². The SMILES string of the molecule is O=C(CCc1ccc(Cl)cc1)NC1(c2ccccc2)CC1. The predicted molar refractivity (Wildman–Crippen MR) is 85.3 cm³/mol. The van der Waals surface area contributed by atoms with Gasteiger partial charge in [0.2, 0.25) is 5.91 Å². The van der Waals surface area contributed by atoms with Crippen LogP contribution in [0.5, 0.6) is 0 Å². The molecule has 1 aliphatic carbocycles. The van der Waals surface area contributed by atoms with Crippen molar-refractivity contribution in [1.29, 1.82) is 0 Å². The quantitative estimate of drug-likeness (QED) is 0.885. The summed E-state index contributed by atoms with van der Waals surface area (Å²) in [6.07, 6.45) is 3.32. The molecule has 21 heavy (non-hydrogen) atoms. The van der Waals surface area contributed by atoms with Gasteiger partial charge in [-0.1, -0.05) is 54.1 Å². The molecule has 0 radical (unpaired) electrons. The highest BCUT2D eigenvalue weighted by Gasteiger charge is 2.45. The lowest BCUT2D eigenvalue weighted by Gasteiger charge is -2.18. The van der Waals surface area contributed by atoms with Gasteiger partial charge in [-0.15, -0.1) is 0 Å². The molecule has 0 spiro atoms. The van der Waals surface area contributed by atoms with Gasteiger partial charge in [0.15, 0.2) is 0 Å². The van der Waals surface area contributed by atoms with E-state index in [4.69, 9.17) is 11.6 Å². The highest BCUT2D eigenvalue weighted by atomic mass is 35.5. The highest BCUT2D eigenvalue weighted by molar-refractivity contribution is 6.30. The van der Waals surface area contributed by atoms with E-state index in [0.29, 0.717) is 6.42 Å². The number of amides is 1. The molecule has 2 aromatic rings. The Kier molecular flexibility index (Phi) is 3.98. The number of benzene rings is 2. The maximum absolute atomic E-state index is 12.2. The van der Waals surface area contributed by atoms with Crippen LogP contribution in [0.15, 0.2) is 54.6 Å². The van der Waals surface area contributed by atoms with Crippen LogP contribution in [0.25, 0.3) is 0 Å². The van der Waals surface area contributed by atoms with E-state index in [-0.39, 0.29) is 11.4 Å². The van der Waals surface area contributed by atoms with Crippen LogP contribution in [0.3, 0.4) is 0 Å². The third-order valence-corrected chi connectivity index (χ3v) is 4.26. The van der Waals surface area contributed by atoms with Crippen LogP contribution >= 0.6 is 11.6 Å². The summed E-state index contributed by atoms with van der Waals surface area (Å²) >= 11 is 5.86. The molecule has 1 saturated carbocycles. The number of carbonyl (C=O) groups excluding carboxylic acids is 1. The van der Waals surface area contributed by atoms with E-state index in [2.05, 4.69) is 17.4 Å². The lowest BCUT2D eigenvalue weighted by molar-refractivity contribution is -0.122. The van der Waals surface area contributed by atoms with E-state index in [1.165, 1.54) is 5.56 Å². The molecule has 2 aromatic carbocycles. The van der Waals surface area contributed by atoms with Crippen molar-refractivity contribution in [3.63, 3.8) is 0 Å². The molecule has 3 heteroatoms. The van der Waals surface area contributed by atoms with Gasteiger partial charge < -0.3 is 5.32 Å². The molecule has 0 heterocycles. The molecule has 0 aromatic heterocycles. The van der Waals surface area contributed by atoms with Crippen LogP contribution in [0.4, 0.5) is 0 Å². The van der Waals surface area contributed by atoms with E-state index in [9.17, 15) is 4.79 Å². The van der Waals surface area contributed by atoms with E-state index >= 15 is 0 Å². The summed E-state index contributed by atoms with van der Waals surface area (Å²) in [5.41, 5.74) is 2.24. The normalized spacial score (nSPS) is 15.5. The zero-order valence-corrected chi connectivity index (χ0v) is 12.6. The average molecular weight is 300 g/mol. The Morgan fingerprint density at radius 3 is 2.33 bits per heavy atom. The topological polar surface area (TPSA) is 29.1 Å². The lowest BCUT2D eigenvalue weighted by atomic mass is 10.0. The highest BCUT2D eigenvalue weighted by Crippen LogP contribution is 2.45. The minimum absolute atomic E-state index is 0.113. The Bertz CT molecular complexity index is 617. The summed E-state index contributed by atoms with van der Waals surface area (Å²) in [7, 11) is 0. The van der Waals surface area contributed by atoms with Gasteiger partial charge in [0.05, 0.1) is 5.54 Å². The zero-order chi connectivity index (χ0) is 14.7. The van der Waals surface area contributed by atoms with Gasteiger partial charge in [0.1, 0.15) is 0 Å². The molecule has 1 aliphatic rings. The molecule has 0 saturated heterocycles. The fourth-order valence-corrected chi connectivity index (χ4v) is 2.73. The van der Waals surface area contributed by atoms with Crippen molar-refractivity contribution in [3.05, 3.63) is 70.7 Å². The first-order valence-electron chi connectivity index (χ1n) is 7.29. The number of halogens is 1. The monoisotopic (exact) mass is 299 g/mol. The van der Waals surface area contributed by atoms with Gasteiger partial charge in [0, 0.05) is 11.4 Å². The van der Waals surface area contributed by atoms with Crippen LogP contribution in [0.1, 0.15) is 30.4 Å². The number of aryl methyl sites for hydroxylation is 1. The summed E-state index contributed by atoms with van der Waals surface area (Å²) in [6.45, 7) is 0. The van der Waals surface area contributed by atoms with E-state index in [1.54, 1.807) is 0 Å². The minimum Gasteiger partial charge on any atom is -0.347 e. The fourth-order valence-electron chi connectivity index (χ4n) is 2.61. The van der Waals surface area contributed by atoms with Crippen LogP contribution in [0, 0.1) is 0 Å². The third-order valence-electron chi connectivity index (χ3n) is 4.01. The first kappa shape index (κ1) is 14.2. The van der Waals surface area contributed by atoms with E-state index in [0.717, 1.165) is 29.8 Å². The summed E-state index contributed by atoms with van der Waals surface area (Å²) < 4.78 is 0. The number of hydrogen-bond donors (Lipinski definition) is 1. The number of hydrogen-bond acceptors (Lipinski definition) is 1. The van der Waals surface area contributed by atoms with Crippen LogP contribution in [-0.2, 0) is 16.8 Å². The van der Waals surface area contributed by atoms with Crippen LogP contribution in [0.2, 0.25) is 5.02 Å². The largest absolute Gasteiger partial charge is 0.347 e. The van der Waals surface area contributed by atoms with Crippen LogP contribution < -0.4 is 5.32 Å². The van der Waals surface area contributed by atoms with Crippen molar-refractivity contribution in [1.82, 2.24) is 5.32 Å². The van der Waals surface area contributed by atoms with Crippen molar-refractivity contribution in [2.24, 2.45) is 0 Å². The van der Waals surface area contributed by atoms with Crippen LogP contribution in [-0.4, -0.2) is 5.91 Å². The second kappa shape index (κ2) is 5.90. The van der Waals surface area contributed by atoms with Crippen molar-refractivity contribution in [3.8, 4) is 0 Å². The summed E-state index contributed by atoms with van der Waals surface area (Å²) in [5.74, 6) is 0.117. The molecular formula is C18H18ClNO. The number of rotatable bonds is 5.